The first-order chi connectivity index (χ1) is 61.8. The monoisotopic (exact) mass is 1920 g/mol. The van der Waals surface area contributed by atoms with E-state index < -0.39 is 247 Å². The number of ether oxygens (including phenoxy) is 7. The topological polar surface area (TPSA) is 420 Å². The summed E-state index contributed by atoms with van der Waals surface area (Å²) in [6, 6.07) is 4.28. The molecule has 2 bridgehead atoms. The Bertz CT molecular complexity index is 5070. The van der Waals surface area contributed by atoms with Crippen LogP contribution in [0.15, 0.2) is 82.7 Å². The zero-order valence-corrected chi connectivity index (χ0v) is 77.5. The van der Waals surface area contributed by atoms with Crippen LogP contribution in [0.25, 0.3) is 0 Å². The van der Waals surface area contributed by atoms with Gasteiger partial charge in [0, 0.05) is 92.1 Å². The second kappa shape index (κ2) is 41.2. The number of nitrogens with zero attached hydrogens (tertiary/aromatic N) is 3. The number of aromatic hydroxyl groups is 1. The van der Waals surface area contributed by atoms with E-state index in [2.05, 4.69) is 28.4 Å². The molecule has 12 aliphatic rings. The number of methoxy groups -OCH3 is 2. The largest absolute Gasteiger partial charge is 0.503 e. The Balaban J connectivity index is 0.000000182. The number of amides is 3. The van der Waals surface area contributed by atoms with E-state index in [0.717, 1.165) is 61.9 Å². The predicted molar refractivity (Wildman–Crippen MR) is 454 cm³/mol. The fourth-order valence-electron chi connectivity index (χ4n) is 17.8. The van der Waals surface area contributed by atoms with Gasteiger partial charge in [-0.25, -0.2) is 57.5 Å². The van der Waals surface area contributed by atoms with Crippen molar-refractivity contribution < 1.29 is 155 Å². The lowest BCUT2D eigenvalue weighted by Gasteiger charge is -2.46. The van der Waals surface area contributed by atoms with Gasteiger partial charge in [0.15, 0.2) is 35.4 Å². The third kappa shape index (κ3) is 24.2. The molecular formula is C93H120F12N6O23. The Morgan fingerprint density at radius 3 is 1.40 bits per heavy atom. The van der Waals surface area contributed by atoms with E-state index in [-0.39, 0.29) is 91.2 Å². The number of alkyl halides is 8. The molecule has 2 aliphatic heterocycles. The van der Waals surface area contributed by atoms with Crippen LogP contribution in [0.2, 0.25) is 0 Å². The highest BCUT2D eigenvalue weighted by atomic mass is 19.3. The Labute approximate surface area is 765 Å². The Morgan fingerprint density at radius 2 is 1.00 bits per heavy atom. The number of pyridine rings is 2. The van der Waals surface area contributed by atoms with Crippen LogP contribution in [0, 0.1) is 110 Å². The number of rotatable bonds is 14. The number of allylic oxidation sites excluding steroid dienone is 1. The molecule has 9 fully saturated rings. The van der Waals surface area contributed by atoms with Crippen molar-refractivity contribution in [2.75, 3.05) is 20.8 Å². The fraction of sp³-hybridized carbons (Fsp3) is 0.634. The maximum atomic E-state index is 14.1. The van der Waals surface area contributed by atoms with Crippen molar-refractivity contribution in [2.45, 2.75) is 267 Å². The van der Waals surface area contributed by atoms with E-state index in [1.54, 1.807) is 67.5 Å². The van der Waals surface area contributed by atoms with Gasteiger partial charge in [-0.2, -0.15) is 0 Å². The van der Waals surface area contributed by atoms with Crippen LogP contribution >= 0.6 is 0 Å². The maximum absolute atomic E-state index is 14.1. The van der Waals surface area contributed by atoms with Gasteiger partial charge in [0.2, 0.25) is 10.9 Å². The molecule has 2 aromatic carbocycles. The molecule has 4 heterocycles. The highest BCUT2D eigenvalue weighted by molar-refractivity contribution is 6.00. The molecule has 16 rings (SSSR count). The number of aliphatic hydroxyl groups is 5. The SMILES string of the molecule is CC(C)(C)C(=O)O[C@@H]1C[C@H](N)[C@@H]2[C@H]1C2(F)F.CC(C)(C)C(=O)O[C@H]1C=C[C@H](O)C1.CCO.COC(=O)c1c(OC)c(=O)c(C(=O)NCc2ccc(F)cc2F)cn1CC(O)O.C[C@@H]1C=C[C@H](OC(=O)C(C)(C)C)C1.C[C@H]1C[C@@H](O)[C@H]2[C@@H]1C2(F)F.C[C@H]1C[C@@H](OC(=O)C(C)(C)C)[C@H]2[C@@H]1C2(F)F.O=C(NCc1ccc(F)cc1F)c1cn2c(c(O)c1=O)C(=O)N1C(C2)O[C@@H]2C[C@H]1[C@@H]1[C@H]2C1(F)F. The van der Waals surface area contributed by atoms with E-state index in [4.69, 9.17) is 49.5 Å². The van der Waals surface area contributed by atoms with Gasteiger partial charge in [0.1, 0.15) is 58.8 Å². The molecule has 1 saturated heterocycles. The molecule has 29 nitrogen and oxygen atoms in total. The molecule has 134 heavy (non-hydrogen) atoms. The molecule has 41 heteroatoms. The predicted octanol–water partition coefficient (Wildman–Crippen LogP) is 11.3. The minimum Gasteiger partial charge on any atom is -0.503 e. The van der Waals surface area contributed by atoms with Crippen molar-refractivity contribution in [3.63, 3.8) is 0 Å². The van der Waals surface area contributed by atoms with Crippen molar-refractivity contribution in [3.05, 3.63) is 150 Å². The molecule has 3 amide bonds. The molecule has 21 atom stereocenters. The van der Waals surface area contributed by atoms with Crippen molar-refractivity contribution in [2.24, 2.45) is 92.5 Å². The van der Waals surface area contributed by atoms with E-state index in [9.17, 15) is 116 Å². The molecule has 744 valence electrons. The maximum Gasteiger partial charge on any atom is 0.358 e. The summed E-state index contributed by atoms with van der Waals surface area (Å²) in [6.07, 6.45) is 6.41. The van der Waals surface area contributed by atoms with Gasteiger partial charge in [0.25, 0.3) is 41.4 Å². The number of hydrogen-bond donors (Lipinski definition) is 9. The highest BCUT2D eigenvalue weighted by Gasteiger charge is 2.82. The van der Waals surface area contributed by atoms with Crippen LogP contribution in [-0.2, 0) is 73.8 Å². The summed E-state index contributed by atoms with van der Waals surface area (Å²) in [4.78, 5) is 123. The third-order valence-electron chi connectivity index (χ3n) is 25.0. The van der Waals surface area contributed by atoms with Gasteiger partial charge in [-0.15, -0.1) is 0 Å². The lowest BCUT2D eigenvalue weighted by atomic mass is 9.97. The summed E-state index contributed by atoms with van der Waals surface area (Å²) in [7, 11) is 2.13. The van der Waals surface area contributed by atoms with E-state index >= 15 is 0 Å². The number of esters is 5. The lowest BCUT2D eigenvalue weighted by Crippen LogP contribution is -2.59. The fourth-order valence-corrected chi connectivity index (χ4v) is 17.8. The van der Waals surface area contributed by atoms with Crippen molar-refractivity contribution in [1.29, 1.82) is 0 Å². The van der Waals surface area contributed by atoms with Gasteiger partial charge in [-0.3, -0.25) is 43.2 Å². The molecule has 2 aromatic heterocycles. The number of aliphatic hydroxyl groups excluding tert-OH is 4. The van der Waals surface area contributed by atoms with Crippen LogP contribution in [0.3, 0.4) is 0 Å². The summed E-state index contributed by atoms with van der Waals surface area (Å²) >= 11 is 0. The lowest BCUT2D eigenvalue weighted by molar-refractivity contribution is -0.164. The molecular weight excluding hydrogens is 1800 g/mol. The van der Waals surface area contributed by atoms with Gasteiger partial charge in [-0.1, -0.05) is 45.1 Å². The number of halogens is 12. The standard InChI is InChI=1S/C22H17F4N3O5.C18H18F2N2O7.C12H18F2O2.C11H17F2NO2.C11H18O2.C10H16O3.C7H10F2O.C2H6O/c23-9-2-1-8(11(24)3-9)5-27-20(32)10-6-28-7-14-29(21(33)17(28)19(31)18(10)30)12-4-13(34-14)16-15(12)22(16,25)26;1-28-16-14(18(27)29-2)22(8-13(23)24)7-11(15(16)25)17(26)21-6-9-3-4-10(19)5-12(9)20;1-6-5-7(9-8(6)12(9,13)14)16-10(15)11(2,3)4;1-10(2,3)9(15)16-6-4-5(14)7-8(6)11(7,12)13;1-8-5-6-9(7-8)13-10(12)11(2,3)4;1-10(2,3)9(12)13-8-5-4-7(11)6-8;1-3-2-4(10)6-5(3)7(6,8)9;1-2-3/h1-3,6,12-16,31H,4-5,7H2,(H,27,32);3-5,7,13,23-24H,6,8H2,1-2H3,(H,21,26);6-9H,5H2,1-4H3;5-8H,4,14H2,1-3H3;5-6,8-9H,7H2,1-4H3;4-5,7-8,11H,6H2,1-3H3;3-6,10H,2H2,1H3;3H,2H2,1H3/t12-,13+,14?,15+,16-;;6-,7+,8+,9-;5-,6+,7+,8-;8-,9+;7-,8-;3-,4+,5+,6-;/m0.00100./s1. The normalized spacial score (nSPS) is 29.2. The zero-order valence-electron chi connectivity index (χ0n) is 77.5. The van der Waals surface area contributed by atoms with Gasteiger partial charge in [0.05, 0.1) is 103 Å². The number of benzene rings is 2. The van der Waals surface area contributed by atoms with E-state index in [1.807, 2.05) is 54.5 Å². The summed E-state index contributed by atoms with van der Waals surface area (Å²) in [5.41, 5.74) is -0.517. The summed E-state index contributed by atoms with van der Waals surface area (Å²) in [5, 5.41) is 59.4. The number of carbonyl (C=O) groups excluding carboxylic acids is 8. The van der Waals surface area contributed by atoms with E-state index in [0.29, 0.717) is 43.7 Å². The molecule has 10 N–H and O–H groups in total. The molecule has 4 aromatic rings. The Hall–Kier alpha value is -9.94. The highest BCUT2D eigenvalue weighted by Crippen LogP contribution is 2.70. The Kier molecular flexibility index (Phi) is 33.1. The van der Waals surface area contributed by atoms with Crippen molar-refractivity contribution in [3.8, 4) is 11.5 Å². The summed E-state index contributed by atoms with van der Waals surface area (Å²) in [6.45, 7) is 27.6. The average molecular weight is 1920 g/mol. The molecule has 0 spiro atoms. The number of fused-ring (bicyclic) bond motifs is 11. The first kappa shape index (κ1) is 108. The van der Waals surface area contributed by atoms with Crippen LogP contribution in [0.4, 0.5) is 52.7 Å². The number of hydrogen-bond acceptors (Lipinski definition) is 24. The third-order valence-corrected chi connectivity index (χ3v) is 25.0. The van der Waals surface area contributed by atoms with Crippen molar-refractivity contribution in [1.82, 2.24) is 24.7 Å². The first-order valence-corrected chi connectivity index (χ1v) is 43.9. The Morgan fingerprint density at radius 1 is 0.560 bits per heavy atom. The van der Waals surface area contributed by atoms with Gasteiger partial charge >= 0.3 is 29.8 Å². The van der Waals surface area contributed by atoms with Crippen LogP contribution in [-0.4, -0.2) is 204 Å². The number of aromatic nitrogens is 2. The molecule has 10 aliphatic carbocycles. The van der Waals surface area contributed by atoms with Crippen LogP contribution in [0.5, 0.6) is 11.5 Å². The second-order valence-electron chi connectivity index (χ2n) is 39.8. The quantitative estimate of drug-likeness (QED) is 0.0186. The van der Waals surface area contributed by atoms with Gasteiger partial charge < -0.3 is 94.2 Å². The number of nitrogens with two attached hydrogens (primary N) is 1. The second-order valence-corrected chi connectivity index (χ2v) is 39.8. The molecule has 1 unspecified atom stereocenters. The van der Waals surface area contributed by atoms with E-state index in [1.165, 1.54) is 9.47 Å². The average Bonchev–Trinajstić information content (AvgIpc) is 1.47. The molecule has 0 radical (unpaired) electrons. The number of nitrogens with one attached hydrogen (secondary N) is 2. The summed E-state index contributed by atoms with van der Waals surface area (Å²) < 4.78 is 198. The van der Waals surface area contributed by atoms with Crippen LogP contribution < -0.4 is 32.0 Å². The smallest absolute Gasteiger partial charge is 0.358 e. The van der Waals surface area contributed by atoms with Crippen molar-refractivity contribution >= 4 is 47.6 Å². The number of carbonyl (C=O) groups is 8. The molecule has 8 saturated carbocycles. The summed E-state index contributed by atoms with van der Waals surface area (Å²) in [5.74, 6) is -26.2. The van der Waals surface area contributed by atoms with Crippen LogP contribution in [0.1, 0.15) is 202 Å². The van der Waals surface area contributed by atoms with Gasteiger partial charge in [-0.05, 0) is 158 Å². The first-order valence-electron chi connectivity index (χ1n) is 43.9. The zero-order chi connectivity index (χ0) is 101. The minimum absolute atomic E-state index is 0.00160. The minimum atomic E-state index is -2.91.